The first-order chi connectivity index (χ1) is 13.1. The van der Waals surface area contributed by atoms with Crippen LogP contribution in [0.3, 0.4) is 0 Å². The molecule has 27 heavy (non-hydrogen) atoms. The molecule has 4 nitrogen and oxygen atoms in total. The summed E-state index contributed by atoms with van der Waals surface area (Å²) in [6, 6.07) is 11.5. The molecule has 0 aliphatic heterocycles. The van der Waals surface area contributed by atoms with Crippen LogP contribution in [0, 0.1) is 0 Å². The minimum atomic E-state index is 0.395. The van der Waals surface area contributed by atoms with Crippen LogP contribution in [0.25, 0.3) is 0 Å². The normalized spacial score (nSPS) is 10.8. The highest BCUT2D eigenvalue weighted by molar-refractivity contribution is 6.42. The molecular weight excluding hydrogens is 385 g/mol. The van der Waals surface area contributed by atoms with Gasteiger partial charge in [-0.2, -0.15) is 0 Å². The van der Waals surface area contributed by atoms with E-state index >= 15 is 0 Å². The molecule has 0 bridgehead atoms. The summed E-state index contributed by atoms with van der Waals surface area (Å²) >= 11 is 12.0. The first-order valence-corrected chi connectivity index (χ1v) is 10.0. The van der Waals surface area contributed by atoms with Gasteiger partial charge in [-0.25, -0.2) is 0 Å². The summed E-state index contributed by atoms with van der Waals surface area (Å²) in [5, 5.41) is 4.47. The first kappa shape index (κ1) is 21.8. The highest BCUT2D eigenvalue weighted by atomic mass is 35.5. The van der Waals surface area contributed by atoms with E-state index in [0.717, 1.165) is 49.6 Å². The zero-order valence-corrected chi connectivity index (χ0v) is 17.4. The number of hydrogen-bond acceptors (Lipinski definition) is 4. The summed E-state index contributed by atoms with van der Waals surface area (Å²) < 4.78 is 17.0. The molecule has 0 fully saturated rings. The van der Waals surface area contributed by atoms with E-state index in [2.05, 4.69) is 5.32 Å². The molecule has 0 heterocycles. The molecule has 1 N–H and O–H groups in total. The minimum Gasteiger partial charge on any atom is -0.490 e. The van der Waals surface area contributed by atoms with Crippen molar-refractivity contribution in [2.75, 3.05) is 26.4 Å². The number of hydrogen-bond donors (Lipinski definition) is 1. The molecule has 2 aromatic carbocycles. The van der Waals surface area contributed by atoms with E-state index in [4.69, 9.17) is 37.4 Å². The standard InChI is InChI=1S/C21H27Cl2NO3/c1-3-25-11-5-10-24-14-16-7-9-20(21(13-16)26-4-2)27-15-17-6-8-18(22)19(23)12-17/h6-9,12-13,24H,3-5,10-11,14-15H2,1-2H3. The average molecular weight is 412 g/mol. The van der Waals surface area contributed by atoms with Crippen molar-refractivity contribution in [3.63, 3.8) is 0 Å². The van der Waals surface area contributed by atoms with Crippen molar-refractivity contribution >= 4 is 23.2 Å². The van der Waals surface area contributed by atoms with Crippen molar-refractivity contribution in [2.24, 2.45) is 0 Å². The van der Waals surface area contributed by atoms with Crippen molar-refractivity contribution in [2.45, 2.75) is 33.4 Å². The zero-order valence-electron chi connectivity index (χ0n) is 15.9. The Bertz CT molecular complexity index is 710. The van der Waals surface area contributed by atoms with Crippen LogP contribution in [-0.4, -0.2) is 26.4 Å². The summed E-state index contributed by atoms with van der Waals surface area (Å²) in [6.45, 7) is 8.19. The van der Waals surface area contributed by atoms with Gasteiger partial charge in [0.2, 0.25) is 0 Å². The topological polar surface area (TPSA) is 39.7 Å². The van der Waals surface area contributed by atoms with E-state index in [1.165, 1.54) is 0 Å². The molecule has 0 aromatic heterocycles. The molecule has 0 amide bonds. The van der Waals surface area contributed by atoms with E-state index in [1.54, 1.807) is 6.07 Å². The van der Waals surface area contributed by atoms with Gasteiger partial charge in [0.25, 0.3) is 0 Å². The van der Waals surface area contributed by atoms with Gasteiger partial charge in [-0.15, -0.1) is 0 Å². The second-order valence-corrected chi connectivity index (χ2v) is 6.79. The fraction of sp³-hybridized carbons (Fsp3) is 0.429. The van der Waals surface area contributed by atoms with Gasteiger partial charge in [-0.05, 0) is 62.2 Å². The van der Waals surface area contributed by atoms with Gasteiger partial charge in [0.15, 0.2) is 11.5 Å². The van der Waals surface area contributed by atoms with Crippen molar-refractivity contribution in [1.29, 1.82) is 0 Å². The van der Waals surface area contributed by atoms with Gasteiger partial charge < -0.3 is 19.5 Å². The molecule has 0 saturated heterocycles. The Balaban J connectivity index is 1.92. The monoisotopic (exact) mass is 411 g/mol. The number of rotatable bonds is 12. The van der Waals surface area contributed by atoms with Crippen LogP contribution in [0.4, 0.5) is 0 Å². The predicted molar refractivity (Wildman–Crippen MR) is 111 cm³/mol. The van der Waals surface area contributed by atoms with Crippen molar-refractivity contribution in [3.05, 3.63) is 57.6 Å². The number of ether oxygens (including phenoxy) is 3. The average Bonchev–Trinajstić information content (AvgIpc) is 2.67. The Hall–Kier alpha value is -1.46. The molecule has 0 spiro atoms. The summed E-state index contributed by atoms with van der Waals surface area (Å²) in [6.07, 6.45) is 0.997. The lowest BCUT2D eigenvalue weighted by molar-refractivity contribution is 0.144. The van der Waals surface area contributed by atoms with E-state index in [9.17, 15) is 0 Å². The fourth-order valence-corrected chi connectivity index (χ4v) is 2.84. The summed E-state index contributed by atoms with van der Waals surface area (Å²) in [7, 11) is 0. The molecule has 0 saturated carbocycles. The smallest absolute Gasteiger partial charge is 0.161 e. The van der Waals surface area contributed by atoms with Crippen molar-refractivity contribution < 1.29 is 14.2 Å². The molecule has 148 valence electrons. The Labute approximate surface area is 171 Å². The van der Waals surface area contributed by atoms with Crippen molar-refractivity contribution in [3.8, 4) is 11.5 Å². The Kier molecular flexibility index (Phi) is 9.78. The van der Waals surface area contributed by atoms with Crippen LogP contribution in [0.1, 0.15) is 31.4 Å². The van der Waals surface area contributed by atoms with Gasteiger partial charge in [0.1, 0.15) is 6.61 Å². The molecule has 0 aliphatic carbocycles. The van der Waals surface area contributed by atoms with Crippen LogP contribution in [-0.2, 0) is 17.9 Å². The van der Waals surface area contributed by atoms with Gasteiger partial charge in [0.05, 0.1) is 16.7 Å². The Morgan fingerprint density at radius 2 is 1.67 bits per heavy atom. The SMILES string of the molecule is CCOCCCNCc1ccc(OCc2ccc(Cl)c(Cl)c2)c(OCC)c1. The second kappa shape index (κ2) is 12.1. The Morgan fingerprint density at radius 1 is 0.852 bits per heavy atom. The predicted octanol–water partition coefficient (Wildman–Crippen LogP) is 5.49. The lowest BCUT2D eigenvalue weighted by Crippen LogP contribution is -2.16. The van der Waals surface area contributed by atoms with Gasteiger partial charge in [-0.1, -0.05) is 35.3 Å². The summed E-state index contributed by atoms with van der Waals surface area (Å²) in [5.74, 6) is 1.45. The van der Waals surface area contributed by atoms with Gasteiger partial charge in [0, 0.05) is 19.8 Å². The maximum Gasteiger partial charge on any atom is 0.161 e. The molecule has 2 rings (SSSR count). The van der Waals surface area contributed by atoms with Crippen molar-refractivity contribution in [1.82, 2.24) is 5.32 Å². The molecule has 0 unspecified atom stereocenters. The van der Waals surface area contributed by atoms with E-state index < -0.39 is 0 Å². The minimum absolute atomic E-state index is 0.395. The van der Waals surface area contributed by atoms with Gasteiger partial charge in [-0.3, -0.25) is 0 Å². The first-order valence-electron chi connectivity index (χ1n) is 9.25. The van der Waals surface area contributed by atoms with E-state index in [-0.39, 0.29) is 0 Å². The summed E-state index contributed by atoms with van der Waals surface area (Å²) in [4.78, 5) is 0. The largest absolute Gasteiger partial charge is 0.490 e. The third-order valence-corrected chi connectivity index (χ3v) is 4.60. The van der Waals surface area contributed by atoms with Crippen LogP contribution >= 0.6 is 23.2 Å². The molecule has 2 aromatic rings. The highest BCUT2D eigenvalue weighted by Crippen LogP contribution is 2.30. The molecular formula is C21H27Cl2NO3. The summed E-state index contributed by atoms with van der Waals surface area (Å²) in [5.41, 5.74) is 2.10. The third-order valence-electron chi connectivity index (χ3n) is 3.86. The lowest BCUT2D eigenvalue weighted by Gasteiger charge is -2.14. The van der Waals surface area contributed by atoms with Crippen LogP contribution in [0.15, 0.2) is 36.4 Å². The molecule has 6 heteroatoms. The zero-order chi connectivity index (χ0) is 19.5. The quantitative estimate of drug-likeness (QED) is 0.468. The van der Waals surface area contributed by atoms with Gasteiger partial charge >= 0.3 is 0 Å². The maximum absolute atomic E-state index is 6.06. The second-order valence-electron chi connectivity index (χ2n) is 5.98. The van der Waals surface area contributed by atoms with Crippen LogP contribution in [0.5, 0.6) is 11.5 Å². The number of halogens is 2. The Morgan fingerprint density at radius 3 is 2.41 bits per heavy atom. The van der Waals surface area contributed by atoms with E-state index in [1.807, 2.05) is 44.2 Å². The molecule has 0 atom stereocenters. The third kappa shape index (κ3) is 7.59. The maximum atomic E-state index is 6.06. The van der Waals surface area contributed by atoms with E-state index in [0.29, 0.717) is 29.0 Å². The molecule has 0 radical (unpaired) electrons. The highest BCUT2D eigenvalue weighted by Gasteiger charge is 2.08. The van der Waals surface area contributed by atoms with Crippen LogP contribution < -0.4 is 14.8 Å². The van der Waals surface area contributed by atoms with Crippen LogP contribution in [0.2, 0.25) is 10.0 Å². The number of benzene rings is 2. The number of nitrogens with one attached hydrogen (secondary N) is 1. The fourth-order valence-electron chi connectivity index (χ4n) is 2.52. The molecule has 0 aliphatic rings. The lowest BCUT2D eigenvalue weighted by atomic mass is 10.2.